The summed E-state index contributed by atoms with van der Waals surface area (Å²) in [7, 11) is -3.87. The molecule has 224 valence electrons. The highest BCUT2D eigenvalue weighted by molar-refractivity contribution is 7.90. The molecule has 14 heteroatoms. The predicted octanol–water partition coefficient (Wildman–Crippen LogP) is 3.78. The van der Waals surface area contributed by atoms with Crippen molar-refractivity contribution >= 4 is 44.2 Å². The van der Waals surface area contributed by atoms with E-state index in [1.807, 2.05) is 25.7 Å². The Bertz CT molecular complexity index is 1950. The second kappa shape index (κ2) is 11.5. The summed E-state index contributed by atoms with van der Waals surface area (Å²) in [6, 6.07) is 3.69. The number of carbonyl (C=O) groups is 1. The minimum absolute atomic E-state index is 0.00848. The second-order valence-electron chi connectivity index (χ2n) is 10.6. The van der Waals surface area contributed by atoms with Crippen molar-refractivity contribution in [2.45, 2.75) is 37.6 Å². The van der Waals surface area contributed by atoms with Crippen molar-refractivity contribution in [1.29, 1.82) is 0 Å². The average Bonchev–Trinajstić information content (AvgIpc) is 2.96. The summed E-state index contributed by atoms with van der Waals surface area (Å²) in [5, 5.41) is 0.343. The van der Waals surface area contributed by atoms with Gasteiger partial charge in [0.2, 0.25) is 5.91 Å². The molecule has 1 aliphatic rings. The van der Waals surface area contributed by atoms with Gasteiger partial charge in [-0.05, 0) is 37.1 Å². The minimum Gasteiger partial charge on any atom is -0.350 e. The molecule has 0 unspecified atom stereocenters. The van der Waals surface area contributed by atoms with Crippen LogP contribution in [0.4, 0.5) is 10.2 Å². The van der Waals surface area contributed by atoms with Gasteiger partial charge in [0.1, 0.15) is 17.3 Å². The maximum atomic E-state index is 15.9. The highest BCUT2D eigenvalue weighted by atomic mass is 35.5. The maximum Gasteiger partial charge on any atom is 0.355 e. The summed E-state index contributed by atoms with van der Waals surface area (Å²) in [6.45, 7) is 9.96. The zero-order valence-corrected chi connectivity index (χ0v) is 25.5. The quantitative estimate of drug-likeness (QED) is 0.294. The standard InChI is InChI=1S/C29H29ClFN7O4S/c1-6-23(39)36-11-12-37(17(4)15-36)27-18-13-21(31)25(19-14-32-9-7-20(19)30)34-28(18)38(29(40)35-27)26-22(43(5,41)42)8-10-33-24(26)16(2)3/h6-10,13-14,16-17H,1,11-12,15H2,2-5H3/t17-/m0/s1. The van der Waals surface area contributed by atoms with Crippen LogP contribution >= 0.6 is 11.6 Å². The molecule has 0 radical (unpaired) electrons. The second-order valence-corrected chi connectivity index (χ2v) is 13.0. The van der Waals surface area contributed by atoms with E-state index in [4.69, 9.17) is 11.6 Å². The molecule has 0 N–H and O–H groups in total. The van der Waals surface area contributed by atoms with Crippen LogP contribution in [-0.2, 0) is 14.6 Å². The number of piperazine rings is 1. The largest absolute Gasteiger partial charge is 0.355 e. The number of aromatic nitrogens is 5. The fourth-order valence-electron chi connectivity index (χ4n) is 5.27. The summed E-state index contributed by atoms with van der Waals surface area (Å²) >= 11 is 6.38. The van der Waals surface area contributed by atoms with Gasteiger partial charge in [-0.15, -0.1) is 0 Å². The summed E-state index contributed by atoms with van der Waals surface area (Å²) in [5.41, 5.74) is -0.557. The van der Waals surface area contributed by atoms with Crippen LogP contribution in [0.25, 0.3) is 28.0 Å². The van der Waals surface area contributed by atoms with Gasteiger partial charge in [-0.2, -0.15) is 4.98 Å². The van der Waals surface area contributed by atoms with E-state index in [1.165, 1.54) is 42.9 Å². The van der Waals surface area contributed by atoms with E-state index in [0.29, 0.717) is 25.3 Å². The van der Waals surface area contributed by atoms with E-state index in [2.05, 4.69) is 26.5 Å². The van der Waals surface area contributed by atoms with Crippen molar-refractivity contribution in [2.75, 3.05) is 30.8 Å². The number of hydrogen-bond donors (Lipinski definition) is 0. The maximum absolute atomic E-state index is 15.9. The Labute approximate surface area is 252 Å². The van der Waals surface area contributed by atoms with E-state index in [0.717, 1.165) is 10.8 Å². The van der Waals surface area contributed by atoms with Crippen LogP contribution in [0.5, 0.6) is 0 Å². The SMILES string of the molecule is C=CC(=O)N1CCN(c2nc(=O)n(-c3c(S(C)(=O)=O)ccnc3C(C)C)c3nc(-c4cnccc4Cl)c(F)cc23)[C@@H](C)C1. The summed E-state index contributed by atoms with van der Waals surface area (Å²) in [4.78, 5) is 47.0. The molecule has 4 aromatic rings. The molecule has 5 rings (SSSR count). The number of pyridine rings is 3. The number of amides is 1. The first kappa shape index (κ1) is 30.2. The first-order valence-electron chi connectivity index (χ1n) is 13.4. The molecule has 1 saturated heterocycles. The number of carbonyl (C=O) groups excluding carboxylic acids is 1. The highest BCUT2D eigenvalue weighted by Crippen LogP contribution is 2.35. The van der Waals surface area contributed by atoms with Crippen LogP contribution in [-0.4, -0.2) is 75.7 Å². The number of anilines is 1. The van der Waals surface area contributed by atoms with Crippen molar-refractivity contribution in [3.8, 4) is 16.9 Å². The number of sulfone groups is 1. The Morgan fingerprint density at radius 2 is 1.95 bits per heavy atom. The van der Waals surface area contributed by atoms with Crippen molar-refractivity contribution in [3.05, 3.63) is 76.5 Å². The van der Waals surface area contributed by atoms with Crippen LogP contribution in [0, 0.1) is 5.82 Å². The van der Waals surface area contributed by atoms with Crippen LogP contribution in [0.1, 0.15) is 32.4 Å². The summed E-state index contributed by atoms with van der Waals surface area (Å²) in [5.74, 6) is -1.12. The fourth-order valence-corrected chi connectivity index (χ4v) is 6.32. The van der Waals surface area contributed by atoms with Crippen LogP contribution in [0.15, 0.2) is 59.1 Å². The Kier molecular flexibility index (Phi) is 8.05. The van der Waals surface area contributed by atoms with Crippen molar-refractivity contribution in [2.24, 2.45) is 0 Å². The van der Waals surface area contributed by atoms with E-state index < -0.39 is 21.3 Å². The van der Waals surface area contributed by atoms with Gasteiger partial charge in [0.25, 0.3) is 0 Å². The minimum atomic E-state index is -3.87. The molecule has 1 atom stereocenters. The topological polar surface area (TPSA) is 131 Å². The smallest absolute Gasteiger partial charge is 0.350 e. The van der Waals surface area contributed by atoms with E-state index in [9.17, 15) is 18.0 Å². The zero-order chi connectivity index (χ0) is 31.2. The molecule has 5 heterocycles. The summed E-state index contributed by atoms with van der Waals surface area (Å²) in [6.07, 6.45) is 6.44. The lowest BCUT2D eigenvalue weighted by Gasteiger charge is -2.40. The molecule has 11 nitrogen and oxygen atoms in total. The fraction of sp³-hybridized carbons (Fsp3) is 0.310. The number of fused-ring (bicyclic) bond motifs is 1. The van der Waals surface area contributed by atoms with Crippen molar-refractivity contribution in [1.82, 2.24) is 29.4 Å². The van der Waals surface area contributed by atoms with E-state index >= 15 is 4.39 Å². The number of rotatable bonds is 6. The lowest BCUT2D eigenvalue weighted by Crippen LogP contribution is -2.54. The number of halogens is 2. The summed E-state index contributed by atoms with van der Waals surface area (Å²) < 4.78 is 42.9. The van der Waals surface area contributed by atoms with Gasteiger partial charge in [0.15, 0.2) is 15.5 Å². The molecule has 0 bridgehead atoms. The first-order valence-corrected chi connectivity index (χ1v) is 15.7. The Morgan fingerprint density at radius 1 is 1.21 bits per heavy atom. The predicted molar refractivity (Wildman–Crippen MR) is 162 cm³/mol. The third-order valence-corrected chi connectivity index (χ3v) is 8.75. The molecule has 0 spiro atoms. The molecule has 43 heavy (non-hydrogen) atoms. The lowest BCUT2D eigenvalue weighted by atomic mass is 10.1. The zero-order valence-electron chi connectivity index (χ0n) is 24.0. The van der Waals surface area contributed by atoms with Crippen LogP contribution in [0.3, 0.4) is 0 Å². The Hall–Kier alpha value is -4.23. The van der Waals surface area contributed by atoms with Gasteiger partial charge in [-0.1, -0.05) is 32.0 Å². The van der Waals surface area contributed by atoms with E-state index in [1.54, 1.807) is 4.90 Å². The number of nitrogens with zero attached hydrogens (tertiary/aromatic N) is 7. The van der Waals surface area contributed by atoms with Gasteiger partial charge in [0.05, 0.1) is 26.7 Å². The molecule has 1 amide bonds. The van der Waals surface area contributed by atoms with Gasteiger partial charge in [0, 0.05) is 56.1 Å². The molecule has 0 aromatic carbocycles. The molecule has 0 aliphatic carbocycles. The average molecular weight is 626 g/mol. The van der Waals surface area contributed by atoms with Gasteiger partial charge in [-0.3, -0.25) is 14.8 Å². The van der Waals surface area contributed by atoms with Crippen LogP contribution in [0.2, 0.25) is 5.02 Å². The van der Waals surface area contributed by atoms with Gasteiger partial charge < -0.3 is 9.80 Å². The number of hydrogen-bond acceptors (Lipinski definition) is 9. The molecular formula is C29H29ClFN7O4S. The van der Waals surface area contributed by atoms with E-state index in [-0.39, 0.29) is 61.6 Å². The molecule has 1 aliphatic heterocycles. The Morgan fingerprint density at radius 3 is 2.58 bits per heavy atom. The highest BCUT2D eigenvalue weighted by Gasteiger charge is 2.31. The van der Waals surface area contributed by atoms with Crippen molar-refractivity contribution in [3.63, 3.8) is 0 Å². The normalized spacial score (nSPS) is 15.7. The molecule has 0 saturated carbocycles. The lowest BCUT2D eigenvalue weighted by molar-refractivity contribution is -0.126. The van der Waals surface area contributed by atoms with Crippen LogP contribution < -0.4 is 10.6 Å². The van der Waals surface area contributed by atoms with Gasteiger partial charge >= 0.3 is 5.69 Å². The third kappa shape index (κ3) is 5.50. The monoisotopic (exact) mass is 625 g/mol. The Balaban J connectivity index is 1.88. The van der Waals surface area contributed by atoms with Crippen molar-refractivity contribution < 1.29 is 17.6 Å². The molecule has 1 fully saturated rings. The molecular weight excluding hydrogens is 597 g/mol. The molecule has 4 aromatic heterocycles. The first-order chi connectivity index (χ1) is 20.3. The van der Waals surface area contributed by atoms with Gasteiger partial charge in [-0.25, -0.2) is 27.2 Å². The third-order valence-electron chi connectivity index (χ3n) is 7.30.